The topological polar surface area (TPSA) is 43.4 Å². The monoisotopic (exact) mass is 216 g/mol. The number of rotatable bonds is 2. The van der Waals surface area contributed by atoms with E-state index >= 15 is 0 Å². The molecule has 0 aliphatic carbocycles. The molecule has 1 rings (SSSR count). The average molecular weight is 216 g/mol. The molecule has 4 heteroatoms. The molecule has 3 nitrogen and oxygen atoms in total. The second-order valence-electron chi connectivity index (χ2n) is 2.60. The van der Waals surface area contributed by atoms with Crippen LogP contribution in [-0.2, 0) is 10.1 Å². The molecule has 0 saturated carbocycles. The minimum Gasteiger partial charge on any atom is -0.383 e. The van der Waals surface area contributed by atoms with E-state index in [0.717, 1.165) is 11.8 Å². The summed E-state index contributed by atoms with van der Waals surface area (Å²) in [4.78, 5) is 0. The van der Waals surface area contributed by atoms with Crippen molar-refractivity contribution in [3.8, 4) is 5.75 Å². The highest BCUT2D eigenvalue weighted by atomic mass is 32.2. The van der Waals surface area contributed by atoms with E-state index in [9.17, 15) is 8.42 Å². The van der Waals surface area contributed by atoms with Gasteiger partial charge < -0.3 is 4.18 Å². The van der Waals surface area contributed by atoms with Crippen molar-refractivity contribution in [2.24, 2.45) is 0 Å². The van der Waals surface area contributed by atoms with Crippen molar-refractivity contribution in [3.05, 3.63) is 29.8 Å². The molecule has 80 valence electrons. The lowest BCUT2D eigenvalue weighted by atomic mass is 10.2. The van der Waals surface area contributed by atoms with Crippen molar-refractivity contribution in [2.75, 3.05) is 6.26 Å². The highest BCUT2D eigenvalue weighted by Gasteiger charge is 2.02. The van der Waals surface area contributed by atoms with Crippen LogP contribution in [0.25, 0.3) is 0 Å². The van der Waals surface area contributed by atoms with Crippen LogP contribution in [-0.4, -0.2) is 14.7 Å². The molecule has 0 aliphatic heterocycles. The summed E-state index contributed by atoms with van der Waals surface area (Å²) >= 11 is 0. The van der Waals surface area contributed by atoms with Crippen LogP contribution in [0.3, 0.4) is 0 Å². The maximum Gasteiger partial charge on any atom is 0.306 e. The molecule has 1 aromatic rings. The van der Waals surface area contributed by atoms with Gasteiger partial charge in [0.05, 0.1) is 6.26 Å². The molecule has 0 fully saturated rings. The van der Waals surface area contributed by atoms with Gasteiger partial charge in [0.25, 0.3) is 0 Å². The van der Waals surface area contributed by atoms with E-state index in [4.69, 9.17) is 0 Å². The number of aryl methyl sites for hydroxylation is 1. The van der Waals surface area contributed by atoms with Crippen LogP contribution in [0.1, 0.15) is 19.4 Å². The third-order valence-corrected chi connectivity index (χ3v) is 1.73. The Bertz CT molecular complexity index is 369. The van der Waals surface area contributed by atoms with Gasteiger partial charge in [0.2, 0.25) is 0 Å². The third kappa shape index (κ3) is 5.59. The normalized spacial score (nSPS) is 10.0. The summed E-state index contributed by atoms with van der Waals surface area (Å²) in [7, 11) is -3.39. The quantitative estimate of drug-likeness (QED) is 0.713. The lowest BCUT2D eigenvalue weighted by molar-refractivity contribution is 0.493. The summed E-state index contributed by atoms with van der Waals surface area (Å²) in [6.07, 6.45) is 1.02. The van der Waals surface area contributed by atoms with Crippen LogP contribution in [0.15, 0.2) is 24.3 Å². The van der Waals surface area contributed by atoms with E-state index < -0.39 is 10.1 Å². The fraction of sp³-hybridized carbons (Fsp3) is 0.400. The molecular formula is C10H16O3S. The molecule has 14 heavy (non-hydrogen) atoms. The Balaban J connectivity index is 0.000000791. The molecule has 0 spiro atoms. The molecule has 1 aromatic carbocycles. The average Bonchev–Trinajstić information content (AvgIpc) is 2.04. The minimum atomic E-state index is -3.39. The van der Waals surface area contributed by atoms with Crippen molar-refractivity contribution < 1.29 is 12.6 Å². The van der Waals surface area contributed by atoms with Gasteiger partial charge in [0, 0.05) is 0 Å². The lowest BCUT2D eigenvalue weighted by Crippen LogP contribution is -2.05. The summed E-state index contributed by atoms with van der Waals surface area (Å²) in [5.74, 6) is 0.359. The Morgan fingerprint density at radius 2 is 1.79 bits per heavy atom. The lowest BCUT2D eigenvalue weighted by Gasteiger charge is -2.02. The van der Waals surface area contributed by atoms with Crippen molar-refractivity contribution in [2.45, 2.75) is 20.8 Å². The van der Waals surface area contributed by atoms with E-state index in [1.165, 1.54) is 0 Å². The van der Waals surface area contributed by atoms with Gasteiger partial charge in [-0.05, 0) is 24.6 Å². The second-order valence-corrected chi connectivity index (χ2v) is 4.18. The summed E-state index contributed by atoms with van der Waals surface area (Å²) < 4.78 is 26.0. The van der Waals surface area contributed by atoms with E-state index in [1.54, 1.807) is 18.2 Å². The fourth-order valence-corrected chi connectivity index (χ4v) is 1.30. The van der Waals surface area contributed by atoms with E-state index in [0.29, 0.717) is 5.75 Å². The summed E-state index contributed by atoms with van der Waals surface area (Å²) in [5.41, 5.74) is 0.969. The van der Waals surface area contributed by atoms with Gasteiger partial charge in [-0.2, -0.15) is 8.42 Å². The van der Waals surface area contributed by atoms with Gasteiger partial charge in [0.1, 0.15) is 5.75 Å². The molecule has 0 aromatic heterocycles. The molecule has 0 atom stereocenters. The van der Waals surface area contributed by atoms with Gasteiger partial charge in [0.15, 0.2) is 0 Å². The number of hydrogen-bond acceptors (Lipinski definition) is 3. The second kappa shape index (κ2) is 5.65. The maximum atomic E-state index is 10.7. The van der Waals surface area contributed by atoms with Crippen LogP contribution < -0.4 is 4.18 Å². The van der Waals surface area contributed by atoms with Gasteiger partial charge in [-0.1, -0.05) is 26.0 Å². The molecule has 0 saturated heterocycles. The standard InChI is InChI=1S/C8H10O3S.C2H6/c1-7-4-3-5-8(6-7)11-12(2,9)10;1-2/h3-6H,1-2H3;1-2H3. The Kier molecular flexibility index (Phi) is 5.23. The van der Waals surface area contributed by atoms with Crippen molar-refractivity contribution in [1.29, 1.82) is 0 Å². The Labute approximate surface area is 85.8 Å². The van der Waals surface area contributed by atoms with Gasteiger partial charge in [-0.15, -0.1) is 0 Å². The van der Waals surface area contributed by atoms with E-state index in [-0.39, 0.29) is 0 Å². The Morgan fingerprint density at radius 1 is 1.21 bits per heavy atom. The smallest absolute Gasteiger partial charge is 0.306 e. The Morgan fingerprint density at radius 3 is 2.21 bits per heavy atom. The van der Waals surface area contributed by atoms with E-state index in [2.05, 4.69) is 4.18 Å². The zero-order valence-corrected chi connectivity index (χ0v) is 9.76. The van der Waals surface area contributed by atoms with Gasteiger partial charge >= 0.3 is 10.1 Å². The Hall–Kier alpha value is -1.03. The van der Waals surface area contributed by atoms with Crippen LogP contribution in [0.2, 0.25) is 0 Å². The molecule has 0 aliphatic rings. The van der Waals surface area contributed by atoms with Crippen LogP contribution in [0, 0.1) is 6.92 Å². The molecule has 0 unspecified atom stereocenters. The third-order valence-electron chi connectivity index (χ3n) is 1.24. The summed E-state index contributed by atoms with van der Waals surface area (Å²) in [6.45, 7) is 5.87. The number of benzene rings is 1. The summed E-state index contributed by atoms with van der Waals surface area (Å²) in [5, 5.41) is 0. The molecule has 0 N–H and O–H groups in total. The predicted octanol–water partition coefficient (Wildman–Crippen LogP) is 2.36. The van der Waals surface area contributed by atoms with Gasteiger partial charge in [-0.25, -0.2) is 0 Å². The first-order valence-electron chi connectivity index (χ1n) is 4.43. The minimum absolute atomic E-state index is 0.359. The number of hydrogen-bond donors (Lipinski definition) is 0. The summed E-state index contributed by atoms with van der Waals surface area (Å²) in [6, 6.07) is 6.89. The van der Waals surface area contributed by atoms with Crippen LogP contribution in [0.5, 0.6) is 5.75 Å². The van der Waals surface area contributed by atoms with Crippen molar-refractivity contribution >= 4 is 10.1 Å². The maximum absolute atomic E-state index is 10.7. The molecule has 0 radical (unpaired) electrons. The first-order valence-corrected chi connectivity index (χ1v) is 6.25. The largest absolute Gasteiger partial charge is 0.383 e. The zero-order valence-electron chi connectivity index (χ0n) is 8.94. The van der Waals surface area contributed by atoms with Crippen molar-refractivity contribution in [3.63, 3.8) is 0 Å². The first-order chi connectivity index (χ1) is 6.47. The molecule has 0 amide bonds. The zero-order chi connectivity index (χ0) is 11.2. The molecule has 0 bridgehead atoms. The highest BCUT2D eigenvalue weighted by molar-refractivity contribution is 7.86. The fourth-order valence-electron chi connectivity index (χ4n) is 0.842. The predicted molar refractivity (Wildman–Crippen MR) is 58.0 cm³/mol. The molecule has 0 heterocycles. The van der Waals surface area contributed by atoms with Crippen LogP contribution >= 0.6 is 0 Å². The first kappa shape index (κ1) is 13.0. The van der Waals surface area contributed by atoms with Gasteiger partial charge in [-0.3, -0.25) is 0 Å². The van der Waals surface area contributed by atoms with E-state index in [1.807, 2.05) is 26.8 Å². The highest BCUT2D eigenvalue weighted by Crippen LogP contribution is 2.13. The van der Waals surface area contributed by atoms with Crippen LogP contribution in [0.4, 0.5) is 0 Å². The SMILES string of the molecule is CC.Cc1cccc(OS(C)(=O)=O)c1. The van der Waals surface area contributed by atoms with Crippen molar-refractivity contribution in [1.82, 2.24) is 0 Å². The molecular weight excluding hydrogens is 200 g/mol.